The van der Waals surface area contributed by atoms with Gasteiger partial charge in [0.25, 0.3) is 0 Å². The fourth-order valence-electron chi connectivity index (χ4n) is 4.21. The second-order valence-corrected chi connectivity index (χ2v) is 7.95. The number of aryl methyl sites for hydroxylation is 1. The van der Waals surface area contributed by atoms with Crippen LogP contribution in [-0.2, 0) is 13.0 Å². The van der Waals surface area contributed by atoms with E-state index in [-0.39, 0.29) is 6.04 Å². The van der Waals surface area contributed by atoms with Gasteiger partial charge in [-0.15, -0.1) is 11.3 Å². The summed E-state index contributed by atoms with van der Waals surface area (Å²) in [4.78, 5) is 10.8. The summed E-state index contributed by atoms with van der Waals surface area (Å²) in [6.07, 6.45) is 2.98. The van der Waals surface area contributed by atoms with E-state index in [9.17, 15) is 0 Å². The van der Waals surface area contributed by atoms with Crippen molar-refractivity contribution in [3.63, 3.8) is 0 Å². The lowest BCUT2D eigenvalue weighted by molar-refractivity contribution is 0.201. The quantitative estimate of drug-likeness (QED) is 0.553. The molecule has 4 aromatic rings. The zero-order valence-electron chi connectivity index (χ0n) is 14.8. The molecule has 0 aliphatic carbocycles. The molecule has 1 N–H and O–H groups in total. The lowest BCUT2D eigenvalue weighted by atomic mass is 9.90. The number of para-hydroxylation sites is 1. The first-order valence-electron chi connectivity index (χ1n) is 9.08. The highest BCUT2D eigenvalue weighted by atomic mass is 32.1. The summed E-state index contributed by atoms with van der Waals surface area (Å²) >= 11 is 1.74. The van der Waals surface area contributed by atoms with E-state index in [0.29, 0.717) is 0 Å². The average molecular weight is 359 g/mol. The van der Waals surface area contributed by atoms with Gasteiger partial charge < -0.3 is 4.98 Å². The molecule has 0 saturated carbocycles. The average Bonchev–Trinajstić information content (AvgIpc) is 3.30. The van der Waals surface area contributed by atoms with Crippen molar-refractivity contribution in [2.24, 2.45) is 0 Å². The van der Waals surface area contributed by atoms with E-state index in [4.69, 9.17) is 0 Å². The van der Waals surface area contributed by atoms with Crippen molar-refractivity contribution in [2.75, 3.05) is 6.54 Å². The number of nitrogens with one attached hydrogen (secondary N) is 1. The van der Waals surface area contributed by atoms with Gasteiger partial charge in [-0.1, -0.05) is 42.5 Å². The number of aromatic nitrogens is 2. The fourth-order valence-corrected chi connectivity index (χ4v) is 4.85. The zero-order valence-corrected chi connectivity index (χ0v) is 15.6. The first kappa shape index (κ1) is 15.8. The van der Waals surface area contributed by atoms with E-state index in [1.165, 1.54) is 38.3 Å². The first-order valence-corrected chi connectivity index (χ1v) is 9.96. The number of rotatable bonds is 3. The second-order valence-electron chi connectivity index (χ2n) is 6.97. The van der Waals surface area contributed by atoms with Crippen molar-refractivity contribution in [2.45, 2.75) is 25.9 Å². The summed E-state index contributed by atoms with van der Waals surface area (Å²) in [6, 6.07) is 17.7. The van der Waals surface area contributed by atoms with Gasteiger partial charge in [0.05, 0.1) is 12.6 Å². The van der Waals surface area contributed by atoms with Gasteiger partial charge in [-0.2, -0.15) is 0 Å². The highest BCUT2D eigenvalue weighted by molar-refractivity contribution is 7.09. The molecule has 3 heterocycles. The predicted octanol–water partition coefficient (Wildman–Crippen LogP) is 5.08. The number of hydrogen-bond donors (Lipinski definition) is 1. The molecule has 26 heavy (non-hydrogen) atoms. The Morgan fingerprint density at radius 1 is 1.15 bits per heavy atom. The number of thiazole rings is 1. The van der Waals surface area contributed by atoms with Crippen molar-refractivity contribution in [3.8, 4) is 0 Å². The van der Waals surface area contributed by atoms with Crippen LogP contribution in [0.15, 0.2) is 60.1 Å². The van der Waals surface area contributed by atoms with Crippen molar-refractivity contribution >= 4 is 22.2 Å². The molecule has 130 valence electrons. The van der Waals surface area contributed by atoms with Crippen LogP contribution in [-0.4, -0.2) is 21.4 Å². The third kappa shape index (κ3) is 2.57. The topological polar surface area (TPSA) is 31.9 Å². The molecule has 0 amide bonds. The molecular formula is C22H21N3S. The van der Waals surface area contributed by atoms with E-state index in [0.717, 1.165) is 19.5 Å². The standard InChI is InChI=1S/C22H21N3S/c1-15-6-2-3-7-16(15)22-21-18(17-8-4-5-9-19(17)24-21)10-12-25(22)14-20-23-11-13-26-20/h2-9,11,13,22,24H,10,12,14H2,1H3. The Morgan fingerprint density at radius 2 is 2.00 bits per heavy atom. The zero-order chi connectivity index (χ0) is 17.5. The van der Waals surface area contributed by atoms with Gasteiger partial charge in [-0.3, -0.25) is 4.90 Å². The first-order chi connectivity index (χ1) is 12.8. The summed E-state index contributed by atoms with van der Waals surface area (Å²) in [5.41, 5.74) is 6.80. The number of benzene rings is 2. The molecule has 2 aromatic heterocycles. The lowest BCUT2D eigenvalue weighted by Crippen LogP contribution is -2.36. The van der Waals surface area contributed by atoms with Gasteiger partial charge in [0.1, 0.15) is 5.01 Å². The minimum absolute atomic E-state index is 0.247. The number of H-pyrrole nitrogens is 1. The van der Waals surface area contributed by atoms with Crippen LogP contribution in [0.4, 0.5) is 0 Å². The van der Waals surface area contributed by atoms with Gasteiger partial charge in [-0.25, -0.2) is 4.98 Å². The van der Waals surface area contributed by atoms with E-state index >= 15 is 0 Å². The van der Waals surface area contributed by atoms with Crippen LogP contribution in [0.2, 0.25) is 0 Å². The molecule has 0 bridgehead atoms. The Balaban J connectivity index is 1.67. The molecule has 5 rings (SSSR count). The molecule has 1 atom stereocenters. The Bertz CT molecular complexity index is 1050. The Hall–Kier alpha value is -2.43. The highest BCUT2D eigenvalue weighted by Crippen LogP contribution is 2.40. The molecule has 0 saturated heterocycles. The highest BCUT2D eigenvalue weighted by Gasteiger charge is 2.32. The molecule has 0 spiro atoms. The monoisotopic (exact) mass is 359 g/mol. The fraction of sp³-hybridized carbons (Fsp3) is 0.227. The number of fused-ring (bicyclic) bond motifs is 3. The number of nitrogens with zero attached hydrogens (tertiary/aromatic N) is 2. The molecule has 2 aromatic carbocycles. The number of aromatic amines is 1. The molecule has 0 fully saturated rings. The van der Waals surface area contributed by atoms with Crippen molar-refractivity contribution < 1.29 is 0 Å². The van der Waals surface area contributed by atoms with Gasteiger partial charge in [0, 0.05) is 34.7 Å². The molecule has 4 heteroatoms. The SMILES string of the molecule is Cc1ccccc1C1c2[nH]c3ccccc3c2CCN1Cc1nccs1. The van der Waals surface area contributed by atoms with Gasteiger partial charge in [0.15, 0.2) is 0 Å². The molecular weight excluding hydrogens is 338 g/mol. The third-order valence-corrected chi connectivity index (χ3v) is 6.20. The Labute approximate surface area is 157 Å². The largest absolute Gasteiger partial charge is 0.357 e. The third-order valence-electron chi connectivity index (χ3n) is 5.44. The van der Waals surface area contributed by atoms with Gasteiger partial charge in [-0.05, 0) is 36.1 Å². The minimum Gasteiger partial charge on any atom is -0.357 e. The van der Waals surface area contributed by atoms with E-state index < -0.39 is 0 Å². The summed E-state index contributed by atoms with van der Waals surface area (Å²) in [5.74, 6) is 0. The van der Waals surface area contributed by atoms with Crippen LogP contribution < -0.4 is 0 Å². The lowest BCUT2D eigenvalue weighted by Gasteiger charge is -2.36. The number of hydrogen-bond acceptors (Lipinski definition) is 3. The van der Waals surface area contributed by atoms with Gasteiger partial charge >= 0.3 is 0 Å². The Kier molecular flexibility index (Phi) is 3.88. The van der Waals surface area contributed by atoms with Crippen molar-refractivity contribution in [3.05, 3.63) is 87.5 Å². The van der Waals surface area contributed by atoms with Crippen LogP contribution in [0.3, 0.4) is 0 Å². The summed E-state index contributed by atoms with van der Waals surface area (Å²) in [5, 5.41) is 4.62. The molecule has 1 unspecified atom stereocenters. The summed E-state index contributed by atoms with van der Waals surface area (Å²) in [7, 11) is 0. The molecule has 3 nitrogen and oxygen atoms in total. The maximum atomic E-state index is 4.53. The molecule has 1 aliphatic heterocycles. The normalized spacial score (nSPS) is 17.5. The van der Waals surface area contributed by atoms with E-state index in [2.05, 4.69) is 75.7 Å². The minimum atomic E-state index is 0.247. The van der Waals surface area contributed by atoms with Crippen LogP contribution in [0.25, 0.3) is 10.9 Å². The smallest absolute Gasteiger partial charge is 0.107 e. The second kappa shape index (κ2) is 6.38. The van der Waals surface area contributed by atoms with Crippen LogP contribution >= 0.6 is 11.3 Å². The van der Waals surface area contributed by atoms with Crippen LogP contribution in [0, 0.1) is 6.92 Å². The van der Waals surface area contributed by atoms with Crippen molar-refractivity contribution in [1.82, 2.24) is 14.9 Å². The maximum absolute atomic E-state index is 4.53. The van der Waals surface area contributed by atoms with Gasteiger partial charge in [0.2, 0.25) is 0 Å². The molecule has 1 aliphatic rings. The molecule has 0 radical (unpaired) electrons. The van der Waals surface area contributed by atoms with E-state index in [1.807, 2.05) is 6.20 Å². The maximum Gasteiger partial charge on any atom is 0.107 e. The van der Waals surface area contributed by atoms with Crippen molar-refractivity contribution in [1.29, 1.82) is 0 Å². The van der Waals surface area contributed by atoms with E-state index in [1.54, 1.807) is 11.3 Å². The Morgan fingerprint density at radius 3 is 2.85 bits per heavy atom. The summed E-state index contributed by atoms with van der Waals surface area (Å²) < 4.78 is 0. The summed E-state index contributed by atoms with van der Waals surface area (Å²) in [6.45, 7) is 4.16. The van der Waals surface area contributed by atoms with Crippen LogP contribution in [0.1, 0.15) is 33.4 Å². The predicted molar refractivity (Wildman–Crippen MR) is 108 cm³/mol. The van der Waals surface area contributed by atoms with Crippen LogP contribution in [0.5, 0.6) is 0 Å².